The zero-order chi connectivity index (χ0) is 29.8. The second-order valence-electron chi connectivity index (χ2n) is 11.1. The van der Waals surface area contributed by atoms with Gasteiger partial charge in [0.1, 0.15) is 11.8 Å². The smallest absolute Gasteiger partial charge is 0.123 e. The van der Waals surface area contributed by atoms with Gasteiger partial charge in [0, 0.05) is 56.9 Å². The van der Waals surface area contributed by atoms with E-state index in [0.717, 1.165) is 99.0 Å². The molecule has 3 aromatic carbocycles. The van der Waals surface area contributed by atoms with E-state index in [-0.39, 0.29) is 0 Å². The number of hydrogen-bond donors (Lipinski definition) is 1. The molecule has 0 atom stereocenters. The average Bonchev–Trinajstić information content (AvgIpc) is 3.04. The van der Waals surface area contributed by atoms with Gasteiger partial charge >= 0.3 is 0 Å². The molecule has 0 bridgehead atoms. The number of morpholine rings is 2. The lowest BCUT2D eigenvalue weighted by atomic mass is 9.96. The van der Waals surface area contributed by atoms with Crippen molar-refractivity contribution >= 4 is 33.9 Å². The Hall–Kier alpha value is -3.71. The SMILES string of the molecule is COc1cc(Nc2c(C#N)cnc3cc(-c4ccc(CN5CCOCC5)c(CN5CCOCC5)c4)ccc23)c(Cl)cc1C. The van der Waals surface area contributed by atoms with Crippen LogP contribution in [0.3, 0.4) is 0 Å². The summed E-state index contributed by atoms with van der Waals surface area (Å²) in [5.74, 6) is 0.719. The summed E-state index contributed by atoms with van der Waals surface area (Å²) in [6, 6.07) is 19.0. The number of anilines is 2. The monoisotopic (exact) mass is 597 g/mol. The number of aryl methyl sites for hydroxylation is 1. The van der Waals surface area contributed by atoms with E-state index in [1.165, 1.54) is 11.1 Å². The van der Waals surface area contributed by atoms with Crippen LogP contribution in [0.25, 0.3) is 22.0 Å². The van der Waals surface area contributed by atoms with Crippen LogP contribution in [0.4, 0.5) is 11.4 Å². The lowest BCUT2D eigenvalue weighted by Crippen LogP contribution is -2.37. The number of methoxy groups -OCH3 is 1. The maximum Gasteiger partial charge on any atom is 0.123 e. The number of aromatic nitrogens is 1. The van der Waals surface area contributed by atoms with Crippen LogP contribution in [0.15, 0.2) is 54.7 Å². The minimum Gasteiger partial charge on any atom is -0.496 e. The number of hydrogen-bond acceptors (Lipinski definition) is 8. The molecule has 0 amide bonds. The van der Waals surface area contributed by atoms with E-state index < -0.39 is 0 Å². The fourth-order valence-electron chi connectivity index (χ4n) is 5.80. The van der Waals surface area contributed by atoms with Gasteiger partial charge in [-0.15, -0.1) is 0 Å². The van der Waals surface area contributed by atoms with Crippen molar-refractivity contribution in [2.45, 2.75) is 20.0 Å². The van der Waals surface area contributed by atoms with Gasteiger partial charge in [0.05, 0.1) is 61.0 Å². The molecule has 0 aliphatic carbocycles. The number of nitrogens with zero attached hydrogens (tertiary/aromatic N) is 4. The normalized spacial score (nSPS) is 16.2. The lowest BCUT2D eigenvalue weighted by Gasteiger charge is -2.30. The molecule has 2 fully saturated rings. The molecule has 1 aromatic heterocycles. The fraction of sp³-hybridized carbons (Fsp3) is 0.353. The van der Waals surface area contributed by atoms with Crippen molar-refractivity contribution in [3.63, 3.8) is 0 Å². The van der Waals surface area contributed by atoms with Gasteiger partial charge < -0.3 is 19.5 Å². The molecule has 0 saturated carbocycles. The summed E-state index contributed by atoms with van der Waals surface area (Å²) in [5.41, 5.74) is 8.41. The summed E-state index contributed by atoms with van der Waals surface area (Å²) in [6.07, 6.45) is 1.61. The van der Waals surface area contributed by atoms with E-state index in [1.54, 1.807) is 13.3 Å². The van der Waals surface area contributed by atoms with Crippen molar-refractivity contribution in [2.75, 3.05) is 65.0 Å². The first-order valence-corrected chi connectivity index (χ1v) is 15.1. The van der Waals surface area contributed by atoms with E-state index in [9.17, 15) is 5.26 Å². The molecule has 2 aliphatic heterocycles. The van der Waals surface area contributed by atoms with Crippen molar-refractivity contribution in [3.05, 3.63) is 82.0 Å². The molecule has 9 heteroatoms. The molecular weight excluding hydrogens is 562 g/mol. The van der Waals surface area contributed by atoms with E-state index in [0.29, 0.717) is 22.0 Å². The molecule has 4 aromatic rings. The maximum absolute atomic E-state index is 9.90. The Bertz CT molecular complexity index is 1660. The van der Waals surface area contributed by atoms with Crippen molar-refractivity contribution in [3.8, 4) is 22.9 Å². The highest BCUT2D eigenvalue weighted by Crippen LogP contribution is 2.37. The number of pyridine rings is 1. The van der Waals surface area contributed by atoms with Gasteiger partial charge in [0.25, 0.3) is 0 Å². The van der Waals surface area contributed by atoms with Crippen LogP contribution in [-0.2, 0) is 22.6 Å². The Morgan fingerprint density at radius 3 is 2.23 bits per heavy atom. The number of nitrogens with one attached hydrogen (secondary N) is 1. The Morgan fingerprint density at radius 1 is 0.907 bits per heavy atom. The van der Waals surface area contributed by atoms with Crippen LogP contribution in [-0.4, -0.2) is 74.5 Å². The second-order valence-corrected chi connectivity index (χ2v) is 11.5. The predicted molar refractivity (Wildman–Crippen MR) is 170 cm³/mol. The number of nitriles is 1. The number of rotatable bonds is 8. The zero-order valence-electron chi connectivity index (χ0n) is 24.7. The van der Waals surface area contributed by atoms with Crippen LogP contribution in [0, 0.1) is 18.3 Å². The number of fused-ring (bicyclic) bond motifs is 1. The Morgan fingerprint density at radius 2 is 1.56 bits per heavy atom. The van der Waals surface area contributed by atoms with Gasteiger partial charge in [-0.1, -0.05) is 35.9 Å². The molecule has 2 saturated heterocycles. The molecule has 8 nitrogen and oxygen atoms in total. The van der Waals surface area contributed by atoms with Gasteiger partial charge in [0.15, 0.2) is 0 Å². The van der Waals surface area contributed by atoms with E-state index in [4.69, 9.17) is 25.8 Å². The minimum atomic E-state index is 0.441. The van der Waals surface area contributed by atoms with E-state index in [1.807, 2.05) is 25.1 Å². The highest BCUT2D eigenvalue weighted by Gasteiger charge is 2.18. The van der Waals surface area contributed by atoms with Crippen molar-refractivity contribution in [2.24, 2.45) is 0 Å². The van der Waals surface area contributed by atoms with Crippen molar-refractivity contribution in [1.29, 1.82) is 5.26 Å². The summed E-state index contributed by atoms with van der Waals surface area (Å²) >= 11 is 6.58. The first kappa shape index (κ1) is 29.4. The summed E-state index contributed by atoms with van der Waals surface area (Å²) in [7, 11) is 1.63. The highest BCUT2D eigenvalue weighted by molar-refractivity contribution is 6.33. The predicted octanol–water partition coefficient (Wildman–Crippen LogP) is 6.15. The molecule has 43 heavy (non-hydrogen) atoms. The fourth-order valence-corrected chi connectivity index (χ4v) is 6.07. The quantitative estimate of drug-likeness (QED) is 0.259. The average molecular weight is 598 g/mol. The van der Waals surface area contributed by atoms with Crippen LogP contribution >= 0.6 is 11.6 Å². The van der Waals surface area contributed by atoms with Crippen molar-refractivity contribution < 1.29 is 14.2 Å². The summed E-state index contributed by atoms with van der Waals surface area (Å²) in [4.78, 5) is 9.60. The second kappa shape index (κ2) is 13.3. The molecule has 1 N–H and O–H groups in total. The third-order valence-electron chi connectivity index (χ3n) is 8.27. The molecular formula is C34H36ClN5O3. The van der Waals surface area contributed by atoms with Crippen LogP contribution in [0.1, 0.15) is 22.3 Å². The van der Waals surface area contributed by atoms with Gasteiger partial charge in [-0.2, -0.15) is 5.26 Å². The number of halogens is 1. The van der Waals surface area contributed by atoms with E-state index in [2.05, 4.69) is 56.5 Å². The van der Waals surface area contributed by atoms with Crippen LogP contribution in [0.5, 0.6) is 5.75 Å². The molecule has 0 spiro atoms. The van der Waals surface area contributed by atoms with Gasteiger partial charge in [0.2, 0.25) is 0 Å². The minimum absolute atomic E-state index is 0.441. The molecule has 0 radical (unpaired) electrons. The number of benzene rings is 3. The third kappa shape index (κ3) is 6.62. The first-order valence-electron chi connectivity index (χ1n) is 14.7. The standard InChI is InChI=1S/C34H36ClN5O3/c1-23-15-30(35)32(18-33(23)41-2)38-34-28(19-36)20-37-31-17-25(5-6-29(31)34)24-3-4-26(21-39-7-11-42-12-8-39)27(16-24)22-40-9-13-43-14-10-40/h3-6,15-18,20H,7-14,21-22H2,1-2H3,(H,37,38). The van der Waals surface area contributed by atoms with Crippen LogP contribution < -0.4 is 10.1 Å². The number of ether oxygens (including phenoxy) is 3. The van der Waals surface area contributed by atoms with Gasteiger partial charge in [-0.25, -0.2) is 0 Å². The highest BCUT2D eigenvalue weighted by atomic mass is 35.5. The first-order chi connectivity index (χ1) is 21.0. The molecule has 6 rings (SSSR count). The summed E-state index contributed by atoms with van der Waals surface area (Å²) in [6.45, 7) is 10.7. The summed E-state index contributed by atoms with van der Waals surface area (Å²) < 4.78 is 16.7. The maximum atomic E-state index is 9.90. The van der Waals surface area contributed by atoms with Gasteiger partial charge in [-0.05, 0) is 52.9 Å². The molecule has 2 aliphatic rings. The Kier molecular flexibility index (Phi) is 9.08. The Balaban J connectivity index is 1.35. The largest absolute Gasteiger partial charge is 0.496 e. The molecule has 0 unspecified atom stereocenters. The Labute approximate surface area is 257 Å². The van der Waals surface area contributed by atoms with E-state index >= 15 is 0 Å². The van der Waals surface area contributed by atoms with Crippen LogP contribution in [0.2, 0.25) is 5.02 Å². The third-order valence-corrected chi connectivity index (χ3v) is 8.58. The molecule has 222 valence electrons. The van der Waals surface area contributed by atoms with Crippen molar-refractivity contribution in [1.82, 2.24) is 14.8 Å². The zero-order valence-corrected chi connectivity index (χ0v) is 25.4. The lowest BCUT2D eigenvalue weighted by molar-refractivity contribution is 0.0309. The summed E-state index contributed by atoms with van der Waals surface area (Å²) in [5, 5.41) is 14.7. The van der Waals surface area contributed by atoms with Gasteiger partial charge in [-0.3, -0.25) is 14.8 Å². The topological polar surface area (TPSA) is 82.9 Å². The molecule has 3 heterocycles.